The lowest BCUT2D eigenvalue weighted by Gasteiger charge is -2.21. The number of fused-ring (bicyclic) bond motifs is 2. The fourth-order valence-electron chi connectivity index (χ4n) is 3.60. The largest absolute Gasteiger partial charge is 0.496 e. The molecule has 0 unspecified atom stereocenters. The van der Waals surface area contributed by atoms with Crippen molar-refractivity contribution in [3.63, 3.8) is 0 Å². The molecule has 2 heterocycles. The van der Waals surface area contributed by atoms with Crippen LogP contribution in [0.2, 0.25) is 0 Å². The Balaban J connectivity index is 1.65. The van der Waals surface area contributed by atoms with Crippen LogP contribution in [0.3, 0.4) is 0 Å². The molecule has 0 spiro atoms. The van der Waals surface area contributed by atoms with E-state index >= 15 is 0 Å². The third-order valence-corrected chi connectivity index (χ3v) is 6.22. The predicted molar refractivity (Wildman–Crippen MR) is 125 cm³/mol. The van der Waals surface area contributed by atoms with E-state index in [0.717, 1.165) is 10.8 Å². The maximum Gasteiger partial charge on any atom is 0.264 e. The van der Waals surface area contributed by atoms with Gasteiger partial charge < -0.3 is 4.74 Å². The first-order valence-corrected chi connectivity index (χ1v) is 10.8. The van der Waals surface area contributed by atoms with Crippen LogP contribution in [0.5, 0.6) is 5.75 Å². The number of benzene rings is 3. The van der Waals surface area contributed by atoms with Crippen molar-refractivity contribution in [3.8, 4) is 5.75 Å². The molecular weight excluding hydrogens is 425 g/mol. The highest BCUT2D eigenvalue weighted by Gasteiger charge is 2.26. The van der Waals surface area contributed by atoms with E-state index in [4.69, 9.17) is 4.74 Å². The number of aromatic nitrogens is 2. The molecule has 0 fully saturated rings. The highest BCUT2D eigenvalue weighted by Crippen LogP contribution is 2.34. The van der Waals surface area contributed by atoms with Gasteiger partial charge in [0.1, 0.15) is 17.1 Å². The van der Waals surface area contributed by atoms with Crippen LogP contribution in [0, 0.1) is 5.82 Å². The number of amides is 1. The number of para-hydroxylation sites is 1. The van der Waals surface area contributed by atoms with Gasteiger partial charge in [-0.1, -0.05) is 47.7 Å². The normalized spacial score (nSPS) is 11.1. The minimum absolute atomic E-state index is 0.192. The average molecular weight is 444 g/mol. The van der Waals surface area contributed by atoms with Crippen molar-refractivity contribution < 1.29 is 13.9 Å². The number of methoxy groups -OCH3 is 1. The molecule has 0 bridgehead atoms. The number of thiazole rings is 1. The summed E-state index contributed by atoms with van der Waals surface area (Å²) in [6, 6.07) is 21.7. The predicted octanol–water partition coefficient (Wildman–Crippen LogP) is 5.84. The topological polar surface area (TPSA) is 55.3 Å². The standard InChI is InChI=1S/C25H18FN3O2S/c1-31-21-14-17-8-3-2-7-16(17)13-19(21)24(30)29(15-18-9-4-5-12-27-18)25-28-23-20(26)10-6-11-22(23)32-25/h2-14H,15H2,1H3. The molecule has 158 valence electrons. The van der Waals surface area contributed by atoms with E-state index in [1.807, 2.05) is 54.6 Å². The highest BCUT2D eigenvalue weighted by atomic mass is 32.1. The van der Waals surface area contributed by atoms with Crippen LogP contribution in [-0.4, -0.2) is 23.0 Å². The fourth-order valence-corrected chi connectivity index (χ4v) is 4.58. The molecule has 0 aliphatic rings. The fraction of sp³-hybridized carbons (Fsp3) is 0.0800. The van der Waals surface area contributed by atoms with Crippen molar-refractivity contribution in [1.29, 1.82) is 0 Å². The number of pyridine rings is 1. The first-order chi connectivity index (χ1) is 15.6. The van der Waals surface area contributed by atoms with Crippen molar-refractivity contribution in [2.75, 3.05) is 12.0 Å². The van der Waals surface area contributed by atoms with Crippen LogP contribution >= 0.6 is 11.3 Å². The summed E-state index contributed by atoms with van der Waals surface area (Å²) < 4.78 is 20.5. The molecule has 0 saturated carbocycles. The Morgan fingerprint density at radius 1 is 1.03 bits per heavy atom. The monoisotopic (exact) mass is 443 g/mol. The van der Waals surface area contributed by atoms with E-state index in [-0.39, 0.29) is 18.0 Å². The van der Waals surface area contributed by atoms with Crippen LogP contribution in [0.4, 0.5) is 9.52 Å². The molecule has 7 heteroatoms. The third-order valence-electron chi connectivity index (χ3n) is 5.18. The Morgan fingerprint density at radius 2 is 1.81 bits per heavy atom. The summed E-state index contributed by atoms with van der Waals surface area (Å²) in [5.74, 6) is -0.247. The minimum Gasteiger partial charge on any atom is -0.496 e. The number of carbonyl (C=O) groups excluding carboxylic acids is 1. The summed E-state index contributed by atoms with van der Waals surface area (Å²) in [6.07, 6.45) is 1.67. The molecule has 0 aliphatic heterocycles. The molecule has 0 aliphatic carbocycles. The summed E-state index contributed by atoms with van der Waals surface area (Å²) in [4.78, 5) is 24.2. The van der Waals surface area contributed by atoms with Gasteiger partial charge in [0.2, 0.25) is 0 Å². The Kier molecular flexibility index (Phi) is 5.25. The summed E-state index contributed by atoms with van der Waals surface area (Å²) in [7, 11) is 1.54. The number of hydrogen-bond acceptors (Lipinski definition) is 5. The number of nitrogens with zero attached hydrogens (tertiary/aromatic N) is 3. The van der Waals surface area contributed by atoms with Crippen molar-refractivity contribution in [2.24, 2.45) is 0 Å². The summed E-state index contributed by atoms with van der Waals surface area (Å²) >= 11 is 1.26. The van der Waals surface area contributed by atoms with Gasteiger partial charge in [-0.3, -0.25) is 14.7 Å². The van der Waals surface area contributed by atoms with Gasteiger partial charge in [-0.25, -0.2) is 9.37 Å². The lowest BCUT2D eigenvalue weighted by molar-refractivity contribution is 0.0982. The molecule has 1 amide bonds. The Bertz CT molecular complexity index is 1440. The SMILES string of the molecule is COc1cc2ccccc2cc1C(=O)N(Cc1ccccn1)c1nc2c(F)cccc2s1. The van der Waals surface area contributed by atoms with Crippen molar-refractivity contribution in [2.45, 2.75) is 6.54 Å². The van der Waals surface area contributed by atoms with E-state index in [1.54, 1.807) is 18.3 Å². The number of anilines is 1. The molecule has 0 radical (unpaired) electrons. The van der Waals surface area contributed by atoms with E-state index in [0.29, 0.717) is 26.8 Å². The number of rotatable bonds is 5. The highest BCUT2D eigenvalue weighted by molar-refractivity contribution is 7.22. The van der Waals surface area contributed by atoms with Crippen molar-refractivity contribution >= 4 is 43.4 Å². The second-order valence-electron chi connectivity index (χ2n) is 7.20. The number of carbonyl (C=O) groups is 1. The van der Waals surface area contributed by atoms with E-state index in [9.17, 15) is 9.18 Å². The number of halogens is 1. The molecule has 0 N–H and O–H groups in total. The molecule has 5 rings (SSSR count). The molecule has 2 aromatic heterocycles. The van der Waals surface area contributed by atoms with Gasteiger partial charge in [-0.2, -0.15) is 0 Å². The quantitative estimate of drug-likeness (QED) is 0.342. The van der Waals surface area contributed by atoms with Gasteiger partial charge in [0.25, 0.3) is 5.91 Å². The van der Waals surface area contributed by atoms with Crippen LogP contribution in [-0.2, 0) is 6.54 Å². The Labute approximate surface area is 187 Å². The second kappa shape index (κ2) is 8.36. The van der Waals surface area contributed by atoms with E-state index < -0.39 is 5.82 Å². The molecule has 0 saturated heterocycles. The first kappa shape index (κ1) is 20.1. The molecule has 0 atom stereocenters. The zero-order valence-corrected chi connectivity index (χ0v) is 18.0. The molecule has 5 nitrogen and oxygen atoms in total. The smallest absolute Gasteiger partial charge is 0.264 e. The summed E-state index contributed by atoms with van der Waals surface area (Å²) in [5, 5.41) is 2.29. The zero-order valence-electron chi connectivity index (χ0n) is 17.2. The maximum absolute atomic E-state index is 14.3. The second-order valence-corrected chi connectivity index (χ2v) is 8.20. The van der Waals surface area contributed by atoms with Crippen LogP contribution in [0.15, 0.2) is 79.0 Å². The third kappa shape index (κ3) is 3.67. The number of ether oxygens (including phenoxy) is 1. The summed E-state index contributed by atoms with van der Waals surface area (Å²) in [6.45, 7) is 0.192. The van der Waals surface area contributed by atoms with E-state index in [2.05, 4.69) is 9.97 Å². The van der Waals surface area contributed by atoms with Crippen LogP contribution in [0.1, 0.15) is 16.1 Å². The van der Waals surface area contributed by atoms with Crippen LogP contribution in [0.25, 0.3) is 21.0 Å². The molecule has 32 heavy (non-hydrogen) atoms. The van der Waals surface area contributed by atoms with Gasteiger partial charge in [0, 0.05) is 6.20 Å². The maximum atomic E-state index is 14.3. The lowest BCUT2D eigenvalue weighted by Crippen LogP contribution is -2.31. The van der Waals surface area contributed by atoms with Crippen molar-refractivity contribution in [1.82, 2.24) is 9.97 Å². The first-order valence-electron chi connectivity index (χ1n) is 9.97. The lowest BCUT2D eigenvalue weighted by atomic mass is 10.0. The van der Waals surface area contributed by atoms with Gasteiger partial charge >= 0.3 is 0 Å². The zero-order chi connectivity index (χ0) is 22.1. The molecule has 5 aromatic rings. The molecule has 3 aromatic carbocycles. The Hall–Kier alpha value is -3.84. The van der Waals surface area contributed by atoms with E-state index in [1.165, 1.54) is 29.4 Å². The number of hydrogen-bond donors (Lipinski definition) is 0. The average Bonchev–Trinajstić information content (AvgIpc) is 3.27. The van der Waals surface area contributed by atoms with Gasteiger partial charge in [-0.05, 0) is 47.2 Å². The van der Waals surface area contributed by atoms with Gasteiger partial charge in [0.15, 0.2) is 5.13 Å². The van der Waals surface area contributed by atoms with Gasteiger partial charge in [-0.15, -0.1) is 0 Å². The van der Waals surface area contributed by atoms with Crippen molar-refractivity contribution in [3.05, 3.63) is 96.1 Å². The Morgan fingerprint density at radius 3 is 2.53 bits per heavy atom. The summed E-state index contributed by atoms with van der Waals surface area (Å²) in [5.41, 5.74) is 1.35. The minimum atomic E-state index is -0.418. The van der Waals surface area contributed by atoms with Crippen LogP contribution < -0.4 is 9.64 Å². The van der Waals surface area contributed by atoms with Gasteiger partial charge in [0.05, 0.1) is 29.6 Å². The molecular formula is C25H18FN3O2S.